The molecule has 2 aromatic rings. The van der Waals surface area contributed by atoms with E-state index >= 15 is 0 Å². The smallest absolute Gasteiger partial charge is 0.169 e. The largest absolute Gasteiger partial charge is 0.490 e. The molecule has 25 heavy (non-hydrogen) atoms. The summed E-state index contributed by atoms with van der Waals surface area (Å²) in [6.45, 7) is 5.14. The van der Waals surface area contributed by atoms with Crippen molar-refractivity contribution < 1.29 is 19.0 Å². The maximum atomic E-state index is 14.3. The number of rotatable bonds is 10. The number of aryl methyl sites for hydroxylation is 1. The molecule has 136 valence electrons. The van der Waals surface area contributed by atoms with Crippen molar-refractivity contribution in [1.29, 1.82) is 0 Å². The van der Waals surface area contributed by atoms with E-state index in [1.54, 1.807) is 12.1 Å². The zero-order valence-corrected chi connectivity index (χ0v) is 14.8. The minimum Gasteiger partial charge on any atom is -0.490 e. The second-order valence-corrected chi connectivity index (χ2v) is 5.73. The molecule has 2 aromatic carbocycles. The summed E-state index contributed by atoms with van der Waals surface area (Å²) in [6, 6.07) is 10.3. The number of benzene rings is 2. The first-order valence-electron chi connectivity index (χ1n) is 8.75. The van der Waals surface area contributed by atoms with Crippen LogP contribution in [0.3, 0.4) is 0 Å². The van der Waals surface area contributed by atoms with Gasteiger partial charge in [0.2, 0.25) is 0 Å². The standard InChI is InChI=1S/C20H26FNO3/c1-3-5-12-24-20-13-15(4-2)6-8-19(20)25-18-9-7-16(14-17(18)21)22-10-11-23/h6-9,13-14,22-23H,3-5,10-12H2,1-2H3. The lowest BCUT2D eigenvalue weighted by Crippen LogP contribution is -2.05. The van der Waals surface area contributed by atoms with Crippen LogP contribution in [-0.4, -0.2) is 24.9 Å². The van der Waals surface area contributed by atoms with Gasteiger partial charge in [-0.2, -0.15) is 0 Å². The molecule has 2 N–H and O–H groups in total. The third-order valence-corrected chi connectivity index (χ3v) is 3.76. The summed E-state index contributed by atoms with van der Waals surface area (Å²) in [4.78, 5) is 0. The molecule has 0 aliphatic carbocycles. The molecule has 0 aliphatic rings. The summed E-state index contributed by atoms with van der Waals surface area (Å²) in [5.74, 6) is 0.805. The van der Waals surface area contributed by atoms with Gasteiger partial charge in [0.15, 0.2) is 23.1 Å². The first-order valence-corrected chi connectivity index (χ1v) is 8.75. The Morgan fingerprint density at radius 2 is 1.84 bits per heavy atom. The van der Waals surface area contributed by atoms with E-state index in [0.717, 1.165) is 24.8 Å². The van der Waals surface area contributed by atoms with Gasteiger partial charge in [-0.25, -0.2) is 4.39 Å². The molecular weight excluding hydrogens is 321 g/mol. The van der Waals surface area contributed by atoms with Crippen LogP contribution < -0.4 is 14.8 Å². The van der Waals surface area contributed by atoms with Crippen LogP contribution in [-0.2, 0) is 6.42 Å². The maximum Gasteiger partial charge on any atom is 0.169 e. The van der Waals surface area contributed by atoms with Crippen LogP contribution in [0.5, 0.6) is 17.2 Å². The molecule has 0 saturated carbocycles. The Kier molecular flexibility index (Phi) is 7.54. The van der Waals surface area contributed by atoms with Crippen molar-refractivity contribution in [3.05, 3.63) is 47.8 Å². The number of halogens is 1. The fourth-order valence-electron chi connectivity index (χ4n) is 2.31. The Balaban J connectivity index is 2.17. The van der Waals surface area contributed by atoms with E-state index in [-0.39, 0.29) is 12.4 Å². The number of hydrogen-bond acceptors (Lipinski definition) is 4. The third kappa shape index (κ3) is 5.64. The average Bonchev–Trinajstić information content (AvgIpc) is 2.63. The second kappa shape index (κ2) is 9.89. The van der Waals surface area contributed by atoms with Crippen molar-refractivity contribution in [3.63, 3.8) is 0 Å². The first-order chi connectivity index (χ1) is 12.2. The van der Waals surface area contributed by atoms with Crippen molar-refractivity contribution in [2.75, 3.05) is 25.1 Å². The van der Waals surface area contributed by atoms with E-state index < -0.39 is 5.82 Å². The van der Waals surface area contributed by atoms with E-state index in [0.29, 0.717) is 30.3 Å². The van der Waals surface area contributed by atoms with Crippen LogP contribution in [0.2, 0.25) is 0 Å². The fourth-order valence-corrected chi connectivity index (χ4v) is 2.31. The lowest BCUT2D eigenvalue weighted by Gasteiger charge is -2.14. The molecule has 0 fully saturated rings. The number of anilines is 1. The molecule has 0 aliphatic heterocycles. The summed E-state index contributed by atoms with van der Waals surface area (Å²) in [7, 11) is 0. The van der Waals surface area contributed by atoms with Crippen molar-refractivity contribution in [2.45, 2.75) is 33.1 Å². The third-order valence-electron chi connectivity index (χ3n) is 3.76. The van der Waals surface area contributed by atoms with Crippen molar-refractivity contribution in [3.8, 4) is 17.2 Å². The predicted octanol–water partition coefficient (Wildman–Crippen LogP) is 4.76. The molecule has 0 aromatic heterocycles. The molecule has 0 saturated heterocycles. The average molecular weight is 347 g/mol. The fraction of sp³-hybridized carbons (Fsp3) is 0.400. The highest BCUT2D eigenvalue weighted by Gasteiger charge is 2.11. The second-order valence-electron chi connectivity index (χ2n) is 5.73. The van der Waals surface area contributed by atoms with Crippen LogP contribution in [0.1, 0.15) is 32.3 Å². The van der Waals surface area contributed by atoms with E-state index in [2.05, 4.69) is 19.2 Å². The molecule has 0 amide bonds. The molecule has 0 unspecified atom stereocenters. The van der Waals surface area contributed by atoms with Gasteiger partial charge in [-0.1, -0.05) is 26.3 Å². The Bertz CT molecular complexity index is 676. The lowest BCUT2D eigenvalue weighted by atomic mass is 10.1. The summed E-state index contributed by atoms with van der Waals surface area (Å²) in [5.41, 5.74) is 1.74. The maximum absolute atomic E-state index is 14.3. The summed E-state index contributed by atoms with van der Waals surface area (Å²) >= 11 is 0. The Morgan fingerprint density at radius 3 is 2.52 bits per heavy atom. The van der Waals surface area contributed by atoms with Gasteiger partial charge >= 0.3 is 0 Å². The monoisotopic (exact) mass is 347 g/mol. The van der Waals surface area contributed by atoms with E-state index in [1.165, 1.54) is 6.07 Å². The molecule has 0 radical (unpaired) electrons. The zero-order valence-electron chi connectivity index (χ0n) is 14.8. The Labute approximate surface area is 148 Å². The molecule has 5 heteroatoms. The highest BCUT2D eigenvalue weighted by molar-refractivity contribution is 5.50. The minimum absolute atomic E-state index is 0.0118. The normalized spacial score (nSPS) is 10.6. The van der Waals surface area contributed by atoms with Crippen LogP contribution in [0.25, 0.3) is 0 Å². The van der Waals surface area contributed by atoms with Crippen LogP contribution in [0.15, 0.2) is 36.4 Å². The quantitative estimate of drug-likeness (QED) is 0.608. The number of unbranched alkanes of at least 4 members (excludes halogenated alkanes) is 1. The lowest BCUT2D eigenvalue weighted by molar-refractivity contribution is 0.293. The van der Waals surface area contributed by atoms with Gasteiger partial charge in [0.1, 0.15) is 0 Å². The van der Waals surface area contributed by atoms with Gasteiger partial charge < -0.3 is 19.9 Å². The van der Waals surface area contributed by atoms with Gasteiger partial charge in [-0.3, -0.25) is 0 Å². The molecule has 0 spiro atoms. The van der Waals surface area contributed by atoms with Gasteiger partial charge in [0.25, 0.3) is 0 Å². The van der Waals surface area contributed by atoms with E-state index in [1.807, 2.05) is 18.2 Å². The van der Waals surface area contributed by atoms with Crippen LogP contribution in [0.4, 0.5) is 10.1 Å². The molecular formula is C20H26FNO3. The van der Waals surface area contributed by atoms with Gasteiger partial charge in [0.05, 0.1) is 13.2 Å². The summed E-state index contributed by atoms with van der Waals surface area (Å²) < 4.78 is 25.9. The SMILES string of the molecule is CCCCOc1cc(CC)ccc1Oc1ccc(NCCO)cc1F. The Morgan fingerprint density at radius 1 is 1.04 bits per heavy atom. The number of hydrogen-bond donors (Lipinski definition) is 2. The number of aliphatic hydroxyl groups is 1. The van der Waals surface area contributed by atoms with Crippen LogP contribution >= 0.6 is 0 Å². The minimum atomic E-state index is -0.470. The molecule has 2 rings (SSSR count). The summed E-state index contributed by atoms with van der Waals surface area (Å²) in [6.07, 6.45) is 2.89. The van der Waals surface area contributed by atoms with E-state index in [9.17, 15) is 4.39 Å². The predicted molar refractivity (Wildman–Crippen MR) is 98.3 cm³/mol. The summed E-state index contributed by atoms with van der Waals surface area (Å²) in [5, 5.41) is 11.7. The highest BCUT2D eigenvalue weighted by atomic mass is 19.1. The van der Waals surface area contributed by atoms with Gasteiger partial charge in [-0.05, 0) is 42.7 Å². The molecule has 0 atom stereocenters. The van der Waals surface area contributed by atoms with Crippen molar-refractivity contribution >= 4 is 5.69 Å². The number of aliphatic hydroxyl groups excluding tert-OH is 1. The van der Waals surface area contributed by atoms with Crippen molar-refractivity contribution in [2.24, 2.45) is 0 Å². The number of nitrogens with one attached hydrogen (secondary N) is 1. The van der Waals surface area contributed by atoms with Gasteiger partial charge in [-0.15, -0.1) is 0 Å². The zero-order chi connectivity index (χ0) is 18.1. The molecule has 0 bridgehead atoms. The van der Waals surface area contributed by atoms with Crippen molar-refractivity contribution in [1.82, 2.24) is 0 Å². The van der Waals surface area contributed by atoms with E-state index in [4.69, 9.17) is 14.6 Å². The highest BCUT2D eigenvalue weighted by Crippen LogP contribution is 2.34. The Hall–Kier alpha value is -2.27. The molecule has 0 heterocycles. The van der Waals surface area contributed by atoms with Gasteiger partial charge in [0, 0.05) is 18.3 Å². The molecule has 4 nitrogen and oxygen atoms in total. The number of ether oxygens (including phenoxy) is 2. The first kappa shape index (κ1) is 19.1. The topological polar surface area (TPSA) is 50.7 Å². The van der Waals surface area contributed by atoms with Crippen LogP contribution in [0, 0.1) is 5.82 Å².